The lowest BCUT2D eigenvalue weighted by atomic mass is 10.0. The minimum absolute atomic E-state index is 0.206. The van der Waals surface area contributed by atoms with Gasteiger partial charge < -0.3 is 9.64 Å². The second kappa shape index (κ2) is 8.17. The molecule has 1 aliphatic rings. The number of benzene rings is 1. The van der Waals surface area contributed by atoms with Crippen LogP contribution >= 0.6 is 0 Å². The van der Waals surface area contributed by atoms with E-state index in [0.29, 0.717) is 35.8 Å². The minimum atomic E-state index is -0.512. The van der Waals surface area contributed by atoms with E-state index in [1.165, 1.54) is 11.7 Å². The van der Waals surface area contributed by atoms with Crippen molar-refractivity contribution in [1.29, 1.82) is 0 Å². The highest BCUT2D eigenvalue weighted by Gasteiger charge is 2.32. The Hall–Kier alpha value is -3.75. The van der Waals surface area contributed by atoms with Crippen LogP contribution in [0.3, 0.4) is 0 Å². The maximum absolute atomic E-state index is 13.4. The van der Waals surface area contributed by atoms with Crippen LogP contribution in [0.2, 0.25) is 0 Å². The maximum atomic E-state index is 13.4. The highest BCUT2D eigenvalue weighted by atomic mass is 16.5. The van der Waals surface area contributed by atoms with Crippen LogP contribution in [0.4, 0.5) is 0 Å². The molecule has 1 aliphatic heterocycles. The van der Waals surface area contributed by atoms with Gasteiger partial charge in [-0.15, -0.1) is 6.58 Å². The van der Waals surface area contributed by atoms with E-state index in [4.69, 9.17) is 4.74 Å². The molecule has 3 heterocycles. The Bertz CT molecular complexity index is 1260. The number of hydrogen-bond acceptors (Lipinski definition) is 6. The summed E-state index contributed by atoms with van der Waals surface area (Å²) in [6.07, 6.45) is 2.24. The molecule has 0 spiro atoms. The molecule has 0 aliphatic carbocycles. The number of nitrogens with zero attached hydrogens (tertiary/aromatic N) is 5. The fourth-order valence-electron chi connectivity index (χ4n) is 3.91. The van der Waals surface area contributed by atoms with Crippen molar-refractivity contribution in [3.8, 4) is 0 Å². The molecule has 1 aromatic carbocycles. The van der Waals surface area contributed by atoms with Crippen LogP contribution in [0.5, 0.6) is 0 Å². The molecule has 9 heteroatoms. The molecule has 31 heavy (non-hydrogen) atoms. The number of aromatic nitrogens is 4. The van der Waals surface area contributed by atoms with Crippen molar-refractivity contribution in [2.75, 3.05) is 13.2 Å². The molecule has 0 radical (unpaired) electrons. The van der Waals surface area contributed by atoms with Gasteiger partial charge in [-0.1, -0.05) is 24.3 Å². The molecule has 0 unspecified atom stereocenters. The second-order valence-electron chi connectivity index (χ2n) is 7.26. The fraction of sp³-hybridized carbons (Fsp3) is 0.318. The molecule has 0 N–H and O–H groups in total. The van der Waals surface area contributed by atoms with Gasteiger partial charge in [-0.05, 0) is 13.0 Å². The number of fused-ring (bicyclic) bond motifs is 2. The zero-order chi connectivity index (χ0) is 22.1. The van der Waals surface area contributed by atoms with Gasteiger partial charge in [0.2, 0.25) is 0 Å². The Labute approximate surface area is 178 Å². The number of hydrogen-bond donors (Lipinski definition) is 0. The molecule has 0 atom stereocenters. The first-order chi connectivity index (χ1) is 15.0. The predicted octanol–water partition coefficient (Wildman–Crippen LogP) is 1.69. The summed E-state index contributed by atoms with van der Waals surface area (Å²) in [4.78, 5) is 39.9. The number of rotatable bonds is 5. The molecule has 4 rings (SSSR count). The Morgan fingerprint density at radius 3 is 2.65 bits per heavy atom. The van der Waals surface area contributed by atoms with Gasteiger partial charge in [0.05, 0.1) is 25.1 Å². The third-order valence-corrected chi connectivity index (χ3v) is 5.35. The van der Waals surface area contributed by atoms with Crippen LogP contribution < -0.4 is 5.56 Å². The van der Waals surface area contributed by atoms with Gasteiger partial charge in [0.15, 0.2) is 11.4 Å². The lowest BCUT2D eigenvalue weighted by molar-refractivity contribution is 0.0513. The number of carbonyl (C=O) groups is 2. The van der Waals surface area contributed by atoms with E-state index in [1.54, 1.807) is 46.8 Å². The monoisotopic (exact) mass is 421 g/mol. The third-order valence-electron chi connectivity index (χ3n) is 5.35. The van der Waals surface area contributed by atoms with E-state index in [1.807, 2.05) is 0 Å². The van der Waals surface area contributed by atoms with Gasteiger partial charge in [-0.25, -0.2) is 9.48 Å². The van der Waals surface area contributed by atoms with Crippen LogP contribution in [0, 0.1) is 0 Å². The molecule has 3 aromatic rings. The number of esters is 1. The van der Waals surface area contributed by atoms with Crippen LogP contribution in [0.15, 0.2) is 41.7 Å². The summed E-state index contributed by atoms with van der Waals surface area (Å²) in [5.41, 5.74) is 1.73. The van der Waals surface area contributed by atoms with E-state index in [-0.39, 0.29) is 36.0 Å². The van der Waals surface area contributed by atoms with Crippen LogP contribution in [-0.2, 0) is 31.3 Å². The average molecular weight is 421 g/mol. The third kappa shape index (κ3) is 3.52. The molecule has 0 saturated carbocycles. The molecule has 0 bridgehead atoms. The van der Waals surface area contributed by atoms with Crippen molar-refractivity contribution in [2.24, 2.45) is 7.05 Å². The van der Waals surface area contributed by atoms with Crippen molar-refractivity contribution in [2.45, 2.75) is 26.4 Å². The first kappa shape index (κ1) is 20.5. The predicted molar refractivity (Wildman–Crippen MR) is 114 cm³/mol. The van der Waals surface area contributed by atoms with Gasteiger partial charge in [0.25, 0.3) is 11.5 Å². The molecule has 0 fully saturated rings. The summed E-state index contributed by atoms with van der Waals surface area (Å²) < 4.78 is 8.07. The molecular formula is C22H23N5O4. The Morgan fingerprint density at radius 2 is 1.94 bits per heavy atom. The second-order valence-corrected chi connectivity index (χ2v) is 7.26. The van der Waals surface area contributed by atoms with Crippen molar-refractivity contribution in [3.63, 3.8) is 0 Å². The van der Waals surface area contributed by atoms with E-state index in [9.17, 15) is 14.4 Å². The van der Waals surface area contributed by atoms with Gasteiger partial charge in [-0.3, -0.25) is 14.3 Å². The lowest BCUT2D eigenvalue weighted by Gasteiger charge is -2.28. The number of ether oxygens (including phenoxy) is 1. The summed E-state index contributed by atoms with van der Waals surface area (Å²) >= 11 is 0. The molecular weight excluding hydrogens is 398 g/mol. The van der Waals surface area contributed by atoms with Gasteiger partial charge in [-0.2, -0.15) is 10.2 Å². The summed E-state index contributed by atoms with van der Waals surface area (Å²) in [5, 5.41) is 9.60. The summed E-state index contributed by atoms with van der Waals surface area (Å²) in [6, 6.07) is 6.93. The van der Waals surface area contributed by atoms with Gasteiger partial charge in [0, 0.05) is 36.7 Å². The quantitative estimate of drug-likeness (QED) is 0.459. The molecule has 9 nitrogen and oxygen atoms in total. The fourth-order valence-corrected chi connectivity index (χ4v) is 3.91. The molecule has 1 amide bonds. The maximum Gasteiger partial charge on any atom is 0.359 e. The van der Waals surface area contributed by atoms with Gasteiger partial charge >= 0.3 is 5.97 Å². The van der Waals surface area contributed by atoms with Crippen molar-refractivity contribution < 1.29 is 14.3 Å². The topological polar surface area (TPSA) is 99.3 Å². The van der Waals surface area contributed by atoms with Gasteiger partial charge in [0.1, 0.15) is 0 Å². The van der Waals surface area contributed by atoms with E-state index in [0.717, 1.165) is 5.69 Å². The van der Waals surface area contributed by atoms with E-state index >= 15 is 0 Å². The number of allylic oxidation sites excluding steroid dienone is 1. The summed E-state index contributed by atoms with van der Waals surface area (Å²) in [6.45, 7) is 6.82. The minimum Gasteiger partial charge on any atom is -0.461 e. The summed E-state index contributed by atoms with van der Waals surface area (Å²) in [7, 11) is 1.53. The first-order valence-electron chi connectivity index (χ1n) is 10.1. The Balaban J connectivity index is 1.74. The van der Waals surface area contributed by atoms with Crippen LogP contribution in [0.25, 0.3) is 10.8 Å². The molecule has 0 saturated heterocycles. The van der Waals surface area contributed by atoms with E-state index in [2.05, 4.69) is 16.8 Å². The molecule has 2 aromatic heterocycles. The van der Waals surface area contributed by atoms with Crippen LogP contribution in [-0.4, -0.2) is 49.5 Å². The average Bonchev–Trinajstić information content (AvgIpc) is 3.14. The zero-order valence-corrected chi connectivity index (χ0v) is 17.5. The van der Waals surface area contributed by atoms with Crippen molar-refractivity contribution in [1.82, 2.24) is 24.5 Å². The zero-order valence-electron chi connectivity index (χ0n) is 17.5. The summed E-state index contributed by atoms with van der Waals surface area (Å²) in [5.74, 6) is -0.815. The van der Waals surface area contributed by atoms with Crippen molar-refractivity contribution in [3.05, 3.63) is 69.9 Å². The highest BCUT2D eigenvalue weighted by molar-refractivity contribution is 6.05. The number of carbonyl (C=O) groups excluding carboxylic acids is 2. The number of aryl methyl sites for hydroxylation is 1. The normalized spacial score (nSPS) is 13.2. The Kier molecular flexibility index (Phi) is 5.41. The SMILES string of the molecule is C=CCn1nc(C(=O)OCC)c2c1CCN(C(=O)c1nn(C)c(=O)c3ccccc13)C2. The van der Waals surface area contributed by atoms with Crippen molar-refractivity contribution >= 4 is 22.6 Å². The van der Waals surface area contributed by atoms with Crippen LogP contribution in [0.1, 0.15) is 39.2 Å². The first-order valence-corrected chi connectivity index (χ1v) is 10.1. The largest absolute Gasteiger partial charge is 0.461 e. The molecule has 160 valence electrons. The standard InChI is InChI=1S/C22H23N5O4/c1-4-11-27-17-10-12-26(13-16(17)19(24-27)22(30)31-5-2)21(29)18-14-8-6-7-9-15(14)20(28)25(3)23-18/h4,6-9H,1,5,10-13H2,2-3H3. The highest BCUT2D eigenvalue weighted by Crippen LogP contribution is 2.25. The lowest BCUT2D eigenvalue weighted by Crippen LogP contribution is -2.38. The number of amides is 1. The Morgan fingerprint density at radius 1 is 1.19 bits per heavy atom. The van der Waals surface area contributed by atoms with E-state index < -0.39 is 5.97 Å². The smallest absolute Gasteiger partial charge is 0.359 e.